The maximum atomic E-state index is 12.2. The van der Waals surface area contributed by atoms with Gasteiger partial charge in [-0.15, -0.1) is 0 Å². The van der Waals surface area contributed by atoms with Gasteiger partial charge in [-0.05, 0) is 24.9 Å². The highest BCUT2D eigenvalue weighted by Gasteiger charge is 2.34. The number of carbonyl (C=O) groups excluding carboxylic acids is 1. The van der Waals surface area contributed by atoms with Gasteiger partial charge in [0, 0.05) is 38.0 Å². The van der Waals surface area contributed by atoms with Crippen molar-refractivity contribution in [1.82, 2.24) is 10.2 Å². The molecule has 2 saturated heterocycles. The number of Topliss-reactive ketones (excluding diaryl/α,β-unsaturated/α-hetero) is 1. The van der Waals surface area contributed by atoms with E-state index in [1.807, 2.05) is 0 Å². The van der Waals surface area contributed by atoms with Gasteiger partial charge in [-0.2, -0.15) is 0 Å². The van der Waals surface area contributed by atoms with E-state index in [4.69, 9.17) is 0 Å². The standard InChI is InChI=1S/C16H22N2O/c19-16-7-4-9-17-15-8-10-18(12-14(15)16)11-13-5-2-1-3-6-13/h1-3,5-6,14-15,17H,4,7-12H2. The molecule has 1 aromatic carbocycles. The second-order valence-corrected chi connectivity index (χ2v) is 5.75. The van der Waals surface area contributed by atoms with Gasteiger partial charge in [-0.3, -0.25) is 9.69 Å². The predicted octanol–water partition coefficient (Wildman–Crippen LogP) is 1.83. The summed E-state index contributed by atoms with van der Waals surface area (Å²) in [5.74, 6) is 0.674. The van der Waals surface area contributed by atoms with Crippen LogP contribution in [0.2, 0.25) is 0 Å². The van der Waals surface area contributed by atoms with Gasteiger partial charge in [0.05, 0.1) is 0 Å². The predicted molar refractivity (Wildman–Crippen MR) is 75.9 cm³/mol. The highest BCUT2D eigenvalue weighted by Crippen LogP contribution is 2.23. The first kappa shape index (κ1) is 12.8. The highest BCUT2D eigenvalue weighted by molar-refractivity contribution is 5.82. The first-order valence-electron chi connectivity index (χ1n) is 7.35. The molecule has 2 aliphatic rings. The lowest BCUT2D eigenvalue weighted by atomic mass is 9.88. The minimum Gasteiger partial charge on any atom is -0.313 e. The molecule has 1 N–H and O–H groups in total. The van der Waals surface area contributed by atoms with Crippen LogP contribution in [-0.4, -0.2) is 36.4 Å². The van der Waals surface area contributed by atoms with Crippen molar-refractivity contribution in [2.75, 3.05) is 19.6 Å². The molecule has 0 aromatic heterocycles. The quantitative estimate of drug-likeness (QED) is 0.878. The van der Waals surface area contributed by atoms with Gasteiger partial charge >= 0.3 is 0 Å². The lowest BCUT2D eigenvalue weighted by Gasteiger charge is -2.37. The Morgan fingerprint density at radius 2 is 2.11 bits per heavy atom. The third-order valence-electron chi connectivity index (χ3n) is 4.37. The van der Waals surface area contributed by atoms with Crippen LogP contribution in [0.4, 0.5) is 0 Å². The summed E-state index contributed by atoms with van der Waals surface area (Å²) >= 11 is 0. The van der Waals surface area contributed by atoms with E-state index in [-0.39, 0.29) is 5.92 Å². The molecule has 3 rings (SSSR count). The molecule has 0 amide bonds. The highest BCUT2D eigenvalue weighted by atomic mass is 16.1. The summed E-state index contributed by atoms with van der Waals surface area (Å²) in [6.45, 7) is 3.99. The maximum Gasteiger partial charge on any atom is 0.138 e. The molecule has 102 valence electrons. The molecule has 0 saturated carbocycles. The minimum absolute atomic E-state index is 0.208. The zero-order chi connectivity index (χ0) is 13.1. The molecule has 2 unspecified atom stereocenters. The van der Waals surface area contributed by atoms with Gasteiger partial charge in [0.2, 0.25) is 0 Å². The molecule has 3 heteroatoms. The first-order valence-corrected chi connectivity index (χ1v) is 7.35. The van der Waals surface area contributed by atoms with E-state index in [2.05, 4.69) is 40.5 Å². The monoisotopic (exact) mass is 258 g/mol. The van der Waals surface area contributed by atoms with Crippen LogP contribution in [0.25, 0.3) is 0 Å². The van der Waals surface area contributed by atoms with Crippen LogP contribution >= 0.6 is 0 Å². The van der Waals surface area contributed by atoms with Crippen LogP contribution in [0.5, 0.6) is 0 Å². The van der Waals surface area contributed by atoms with Gasteiger partial charge in [-0.25, -0.2) is 0 Å². The van der Waals surface area contributed by atoms with Crippen LogP contribution in [0.3, 0.4) is 0 Å². The Hall–Kier alpha value is -1.19. The summed E-state index contributed by atoms with van der Waals surface area (Å²) in [6, 6.07) is 11.0. The molecule has 0 bridgehead atoms. The van der Waals surface area contributed by atoms with Crippen molar-refractivity contribution >= 4 is 5.78 Å². The topological polar surface area (TPSA) is 32.3 Å². The lowest BCUT2D eigenvalue weighted by Crippen LogP contribution is -2.50. The maximum absolute atomic E-state index is 12.2. The minimum atomic E-state index is 0.208. The van der Waals surface area contributed by atoms with E-state index in [1.165, 1.54) is 5.56 Å². The van der Waals surface area contributed by atoms with Gasteiger partial charge in [0.25, 0.3) is 0 Å². The molecule has 2 aliphatic heterocycles. The van der Waals surface area contributed by atoms with Crippen molar-refractivity contribution in [2.45, 2.75) is 31.8 Å². The van der Waals surface area contributed by atoms with Crippen LogP contribution in [0, 0.1) is 5.92 Å². The third kappa shape index (κ3) is 3.04. The second kappa shape index (κ2) is 5.85. The Bertz CT molecular complexity index is 432. The number of nitrogens with one attached hydrogen (secondary N) is 1. The summed E-state index contributed by atoms with van der Waals surface area (Å²) in [5, 5.41) is 3.55. The number of fused-ring (bicyclic) bond motifs is 1. The number of likely N-dealkylation sites (tertiary alicyclic amines) is 1. The van der Waals surface area contributed by atoms with E-state index in [0.29, 0.717) is 11.8 Å². The van der Waals surface area contributed by atoms with Crippen LogP contribution < -0.4 is 5.32 Å². The summed E-state index contributed by atoms with van der Waals surface area (Å²) in [7, 11) is 0. The van der Waals surface area contributed by atoms with Crippen LogP contribution in [0.1, 0.15) is 24.8 Å². The van der Waals surface area contributed by atoms with Gasteiger partial charge in [0.15, 0.2) is 0 Å². The van der Waals surface area contributed by atoms with Crippen molar-refractivity contribution in [1.29, 1.82) is 0 Å². The number of nitrogens with zero attached hydrogens (tertiary/aromatic N) is 1. The summed E-state index contributed by atoms with van der Waals surface area (Å²) in [6.07, 6.45) is 2.86. The van der Waals surface area contributed by atoms with E-state index >= 15 is 0 Å². The van der Waals surface area contributed by atoms with Crippen molar-refractivity contribution in [3.63, 3.8) is 0 Å². The Morgan fingerprint density at radius 3 is 2.95 bits per heavy atom. The molecule has 0 spiro atoms. The molecule has 2 fully saturated rings. The van der Waals surface area contributed by atoms with E-state index < -0.39 is 0 Å². The fourth-order valence-electron chi connectivity index (χ4n) is 3.31. The molecule has 0 radical (unpaired) electrons. The van der Waals surface area contributed by atoms with Crippen molar-refractivity contribution in [3.8, 4) is 0 Å². The number of rotatable bonds is 2. The normalized spacial score (nSPS) is 28.7. The van der Waals surface area contributed by atoms with Crippen LogP contribution in [0.15, 0.2) is 30.3 Å². The molecular weight excluding hydrogens is 236 g/mol. The Balaban J connectivity index is 1.65. The number of piperidine rings is 1. The van der Waals surface area contributed by atoms with E-state index in [0.717, 1.165) is 45.4 Å². The fraction of sp³-hybridized carbons (Fsp3) is 0.562. The van der Waals surface area contributed by atoms with Gasteiger partial charge < -0.3 is 5.32 Å². The zero-order valence-corrected chi connectivity index (χ0v) is 11.3. The van der Waals surface area contributed by atoms with E-state index in [9.17, 15) is 4.79 Å². The Kier molecular flexibility index (Phi) is 3.95. The number of benzene rings is 1. The molecule has 3 nitrogen and oxygen atoms in total. The Morgan fingerprint density at radius 1 is 1.26 bits per heavy atom. The smallest absolute Gasteiger partial charge is 0.138 e. The average molecular weight is 258 g/mol. The molecule has 0 aliphatic carbocycles. The summed E-state index contributed by atoms with van der Waals surface area (Å²) in [4.78, 5) is 14.6. The van der Waals surface area contributed by atoms with Gasteiger partial charge in [-0.1, -0.05) is 30.3 Å². The molecule has 19 heavy (non-hydrogen) atoms. The number of carbonyl (C=O) groups is 1. The average Bonchev–Trinajstić information content (AvgIpc) is 2.62. The molecule has 2 heterocycles. The summed E-state index contributed by atoms with van der Waals surface area (Å²) < 4.78 is 0. The fourth-order valence-corrected chi connectivity index (χ4v) is 3.31. The van der Waals surface area contributed by atoms with Crippen molar-refractivity contribution in [2.24, 2.45) is 5.92 Å². The lowest BCUT2D eigenvalue weighted by molar-refractivity contribution is -0.125. The zero-order valence-electron chi connectivity index (χ0n) is 11.3. The largest absolute Gasteiger partial charge is 0.313 e. The first-order chi connectivity index (χ1) is 9.33. The number of hydrogen-bond donors (Lipinski definition) is 1. The molecule has 2 atom stereocenters. The second-order valence-electron chi connectivity index (χ2n) is 5.75. The number of hydrogen-bond acceptors (Lipinski definition) is 3. The molecule has 1 aromatic rings. The SMILES string of the molecule is O=C1CCCNC2CCN(Cc3ccccc3)CC12. The van der Waals surface area contributed by atoms with Gasteiger partial charge in [0.1, 0.15) is 5.78 Å². The van der Waals surface area contributed by atoms with Crippen molar-refractivity contribution in [3.05, 3.63) is 35.9 Å². The van der Waals surface area contributed by atoms with Crippen molar-refractivity contribution < 1.29 is 4.79 Å². The van der Waals surface area contributed by atoms with Crippen LogP contribution in [-0.2, 0) is 11.3 Å². The number of ketones is 1. The summed E-state index contributed by atoms with van der Waals surface area (Å²) in [5.41, 5.74) is 1.34. The van der Waals surface area contributed by atoms with E-state index in [1.54, 1.807) is 0 Å². The molecular formula is C16H22N2O. The third-order valence-corrected chi connectivity index (χ3v) is 4.37. The Labute approximate surface area is 115 Å².